The summed E-state index contributed by atoms with van der Waals surface area (Å²) in [5, 5.41) is 18.0. The van der Waals surface area contributed by atoms with Crippen molar-refractivity contribution in [3.05, 3.63) is 0 Å². The van der Waals surface area contributed by atoms with Crippen molar-refractivity contribution in [1.29, 1.82) is 0 Å². The molecule has 1 aliphatic rings. The van der Waals surface area contributed by atoms with Crippen LogP contribution >= 0.6 is 0 Å². The fourth-order valence-corrected chi connectivity index (χ4v) is 0.930. The van der Waals surface area contributed by atoms with Crippen LogP contribution in [0.15, 0.2) is 0 Å². The van der Waals surface area contributed by atoms with Crippen LogP contribution in [0.3, 0.4) is 0 Å². The van der Waals surface area contributed by atoms with Gasteiger partial charge in [0.25, 0.3) is 0 Å². The molecule has 1 rings (SSSR count). The summed E-state index contributed by atoms with van der Waals surface area (Å²) in [5.41, 5.74) is 0. The Hall–Kier alpha value is -0.610. The molecule has 0 amide bonds. The second-order valence-electron chi connectivity index (χ2n) is 2.46. The summed E-state index contributed by atoms with van der Waals surface area (Å²) in [6.45, 7) is 1.55. The number of cyclic esters (lactones) is 1. The van der Waals surface area contributed by atoms with Gasteiger partial charge in [0.1, 0.15) is 12.2 Å². The lowest BCUT2D eigenvalue weighted by Crippen LogP contribution is -2.44. The lowest BCUT2D eigenvalue weighted by Gasteiger charge is -2.28. The highest BCUT2D eigenvalue weighted by Gasteiger charge is 2.33. The molecule has 2 N–H and O–H groups in total. The number of esters is 1. The first-order valence-corrected chi connectivity index (χ1v) is 3.17. The summed E-state index contributed by atoms with van der Waals surface area (Å²) in [4.78, 5) is 10.5. The highest BCUT2D eigenvalue weighted by Crippen LogP contribution is 2.14. The minimum absolute atomic E-state index is 0.106. The average molecular weight is 146 g/mol. The average Bonchev–Trinajstić information content (AvgIpc) is 1.82. The number of carbonyl (C=O) groups is 1. The van der Waals surface area contributed by atoms with E-state index in [1.54, 1.807) is 6.92 Å². The van der Waals surface area contributed by atoms with Crippen molar-refractivity contribution in [2.75, 3.05) is 0 Å². The molecule has 0 bridgehead atoms. The second-order valence-corrected chi connectivity index (χ2v) is 2.46. The van der Waals surface area contributed by atoms with Crippen LogP contribution in [0.4, 0.5) is 0 Å². The van der Waals surface area contributed by atoms with E-state index in [1.807, 2.05) is 0 Å². The van der Waals surface area contributed by atoms with Crippen LogP contribution in [0, 0.1) is 0 Å². The van der Waals surface area contributed by atoms with E-state index in [9.17, 15) is 4.79 Å². The number of hydrogen-bond donors (Lipinski definition) is 2. The molecule has 0 aromatic carbocycles. The minimum atomic E-state index is -0.962. The maximum absolute atomic E-state index is 10.5. The molecular weight excluding hydrogens is 136 g/mol. The highest BCUT2D eigenvalue weighted by molar-refractivity contribution is 5.71. The van der Waals surface area contributed by atoms with Crippen LogP contribution in [0.5, 0.6) is 0 Å². The van der Waals surface area contributed by atoms with E-state index in [1.165, 1.54) is 0 Å². The molecule has 0 spiro atoms. The van der Waals surface area contributed by atoms with Crippen LogP contribution in [-0.2, 0) is 9.53 Å². The minimum Gasteiger partial charge on any atom is -0.460 e. The zero-order valence-electron chi connectivity index (χ0n) is 5.65. The third kappa shape index (κ3) is 1.27. The maximum atomic E-state index is 10.5. The zero-order chi connectivity index (χ0) is 7.72. The number of aliphatic hydroxyl groups excluding tert-OH is 2. The smallest absolute Gasteiger partial charge is 0.308 e. The molecule has 0 aromatic rings. The molecule has 58 valence electrons. The third-order valence-electron chi connectivity index (χ3n) is 1.57. The number of aliphatic hydroxyl groups is 2. The fourth-order valence-electron chi connectivity index (χ4n) is 0.930. The highest BCUT2D eigenvalue weighted by atomic mass is 16.6. The first kappa shape index (κ1) is 7.50. The number of hydrogen-bond acceptors (Lipinski definition) is 4. The molecule has 0 unspecified atom stereocenters. The molecule has 0 aliphatic carbocycles. The number of rotatable bonds is 0. The Morgan fingerprint density at radius 1 is 1.60 bits per heavy atom. The summed E-state index contributed by atoms with van der Waals surface area (Å²) < 4.78 is 4.62. The lowest BCUT2D eigenvalue weighted by atomic mass is 10.0. The van der Waals surface area contributed by atoms with Gasteiger partial charge in [-0.15, -0.1) is 0 Å². The van der Waals surface area contributed by atoms with E-state index in [0.29, 0.717) is 0 Å². The quantitative estimate of drug-likeness (QED) is 0.432. The van der Waals surface area contributed by atoms with E-state index >= 15 is 0 Å². The van der Waals surface area contributed by atoms with Crippen LogP contribution in [0.1, 0.15) is 13.3 Å². The summed E-state index contributed by atoms with van der Waals surface area (Å²) in [6, 6.07) is 0. The maximum Gasteiger partial charge on any atom is 0.308 e. The summed E-state index contributed by atoms with van der Waals surface area (Å²) in [5.74, 6) is -0.453. The normalized spacial score (nSPS) is 41.1. The predicted molar refractivity (Wildman–Crippen MR) is 32.2 cm³/mol. The standard InChI is InChI=1S/C6H10O4/c1-3-6(9)4(7)2-5(8)10-3/h3-4,6-7,9H,2H2,1H3/t3-,4-,6-/m0/s1. The SMILES string of the molecule is C[C@@H]1OC(=O)C[C@H](O)[C@H]1O. The molecule has 3 atom stereocenters. The van der Waals surface area contributed by atoms with Crippen molar-refractivity contribution in [2.45, 2.75) is 31.7 Å². The Morgan fingerprint density at radius 3 is 2.70 bits per heavy atom. The van der Waals surface area contributed by atoms with Crippen LogP contribution in [0.2, 0.25) is 0 Å². The van der Waals surface area contributed by atoms with E-state index < -0.39 is 24.3 Å². The first-order valence-electron chi connectivity index (χ1n) is 3.17. The van der Waals surface area contributed by atoms with Crippen LogP contribution in [0.25, 0.3) is 0 Å². The van der Waals surface area contributed by atoms with Gasteiger partial charge in [-0.25, -0.2) is 0 Å². The van der Waals surface area contributed by atoms with Gasteiger partial charge < -0.3 is 14.9 Å². The zero-order valence-corrected chi connectivity index (χ0v) is 5.65. The molecule has 1 aliphatic heterocycles. The van der Waals surface area contributed by atoms with Crippen molar-refractivity contribution in [2.24, 2.45) is 0 Å². The van der Waals surface area contributed by atoms with Crippen molar-refractivity contribution in [1.82, 2.24) is 0 Å². The molecule has 0 radical (unpaired) electrons. The Labute approximate surface area is 58.4 Å². The van der Waals surface area contributed by atoms with Gasteiger partial charge in [0.2, 0.25) is 0 Å². The third-order valence-corrected chi connectivity index (χ3v) is 1.57. The van der Waals surface area contributed by atoms with Crippen LogP contribution < -0.4 is 0 Å². The predicted octanol–water partition coefficient (Wildman–Crippen LogP) is -0.956. The molecule has 1 fully saturated rings. The Bertz CT molecular complexity index is 131. The number of ether oxygens (including phenoxy) is 1. The Kier molecular flexibility index (Phi) is 1.92. The fraction of sp³-hybridized carbons (Fsp3) is 0.833. The van der Waals surface area contributed by atoms with Crippen molar-refractivity contribution in [3.8, 4) is 0 Å². The van der Waals surface area contributed by atoms with Crippen molar-refractivity contribution < 1.29 is 19.7 Å². The second kappa shape index (κ2) is 2.56. The molecule has 0 aromatic heterocycles. The van der Waals surface area contributed by atoms with E-state index in [-0.39, 0.29) is 6.42 Å². The Morgan fingerprint density at radius 2 is 2.20 bits per heavy atom. The van der Waals surface area contributed by atoms with E-state index in [0.717, 1.165) is 0 Å². The first-order chi connectivity index (χ1) is 4.61. The van der Waals surface area contributed by atoms with E-state index in [2.05, 4.69) is 4.74 Å². The van der Waals surface area contributed by atoms with Gasteiger partial charge in [-0.3, -0.25) is 4.79 Å². The molecular formula is C6H10O4. The summed E-state index contributed by atoms with van der Waals surface area (Å²) >= 11 is 0. The van der Waals surface area contributed by atoms with Crippen molar-refractivity contribution >= 4 is 5.97 Å². The largest absolute Gasteiger partial charge is 0.460 e. The van der Waals surface area contributed by atoms with Crippen molar-refractivity contribution in [3.63, 3.8) is 0 Å². The molecule has 0 saturated carbocycles. The molecule has 10 heavy (non-hydrogen) atoms. The van der Waals surface area contributed by atoms with Gasteiger partial charge in [-0.1, -0.05) is 0 Å². The van der Waals surface area contributed by atoms with Crippen LogP contribution in [-0.4, -0.2) is 34.5 Å². The lowest BCUT2D eigenvalue weighted by molar-refractivity contribution is -0.175. The summed E-state index contributed by atoms with van der Waals surface area (Å²) in [6.07, 6.45) is -2.59. The molecule has 4 heteroatoms. The monoisotopic (exact) mass is 146 g/mol. The molecule has 1 saturated heterocycles. The summed E-state index contributed by atoms with van der Waals surface area (Å²) in [7, 11) is 0. The van der Waals surface area contributed by atoms with Gasteiger partial charge in [0.05, 0.1) is 12.5 Å². The van der Waals surface area contributed by atoms with Gasteiger partial charge >= 0.3 is 5.97 Å². The van der Waals surface area contributed by atoms with Gasteiger partial charge in [-0.2, -0.15) is 0 Å². The van der Waals surface area contributed by atoms with E-state index in [4.69, 9.17) is 10.2 Å². The van der Waals surface area contributed by atoms with Gasteiger partial charge in [-0.05, 0) is 6.92 Å². The molecule has 4 nitrogen and oxygen atoms in total. The Balaban J connectivity index is 2.57. The van der Waals surface area contributed by atoms with Gasteiger partial charge in [0.15, 0.2) is 0 Å². The topological polar surface area (TPSA) is 66.8 Å². The van der Waals surface area contributed by atoms with Gasteiger partial charge in [0, 0.05) is 0 Å². The molecule has 1 heterocycles. The number of carbonyl (C=O) groups excluding carboxylic acids is 1.